The Hall–Kier alpha value is -1.60. The number of fused-ring (bicyclic) bond motifs is 1. The number of hydrogen-bond donors (Lipinski definition) is 0. The van der Waals surface area contributed by atoms with Crippen LogP contribution >= 0.6 is 27.3 Å². The Kier molecular flexibility index (Phi) is 2.49. The summed E-state index contributed by atoms with van der Waals surface area (Å²) in [6, 6.07) is 5.09. The maximum absolute atomic E-state index is 11.8. The first-order valence-electron chi connectivity index (χ1n) is 4.71. The minimum atomic E-state index is -0.191. The van der Waals surface area contributed by atoms with Gasteiger partial charge in [0.1, 0.15) is 0 Å². The summed E-state index contributed by atoms with van der Waals surface area (Å²) >= 11 is 4.55. The fourth-order valence-corrected chi connectivity index (χ4v) is 2.69. The molecule has 0 radical (unpaired) electrons. The lowest BCUT2D eigenvalue weighted by atomic mass is 10.2. The van der Waals surface area contributed by atoms with E-state index in [2.05, 4.69) is 31.0 Å². The standard InChI is InChI=1S/C10H5BrN4OS/c11-9-14-15-8(16)5-7(13-10(15)17-9)6-1-3-12-4-2-6/h1-5H. The van der Waals surface area contributed by atoms with E-state index in [-0.39, 0.29) is 5.56 Å². The van der Waals surface area contributed by atoms with Gasteiger partial charge in [-0.25, -0.2) is 4.98 Å². The average Bonchev–Trinajstić information content (AvgIpc) is 2.71. The van der Waals surface area contributed by atoms with Gasteiger partial charge in [-0.05, 0) is 28.1 Å². The van der Waals surface area contributed by atoms with Gasteiger partial charge < -0.3 is 0 Å². The Morgan fingerprint density at radius 3 is 2.82 bits per heavy atom. The highest BCUT2D eigenvalue weighted by Crippen LogP contribution is 2.20. The molecule has 0 aliphatic rings. The molecule has 0 saturated heterocycles. The van der Waals surface area contributed by atoms with Crippen molar-refractivity contribution in [3.05, 3.63) is 44.9 Å². The first-order chi connectivity index (χ1) is 8.24. The summed E-state index contributed by atoms with van der Waals surface area (Å²) in [6.07, 6.45) is 3.34. The van der Waals surface area contributed by atoms with Gasteiger partial charge in [0.15, 0.2) is 3.92 Å². The van der Waals surface area contributed by atoms with Crippen LogP contribution in [0.25, 0.3) is 16.2 Å². The molecule has 0 saturated carbocycles. The quantitative estimate of drug-likeness (QED) is 0.689. The minimum absolute atomic E-state index is 0.191. The summed E-state index contributed by atoms with van der Waals surface area (Å²) in [5, 5.41) is 4.01. The fourth-order valence-electron chi connectivity index (χ4n) is 1.46. The van der Waals surface area contributed by atoms with E-state index in [1.165, 1.54) is 21.9 Å². The zero-order valence-electron chi connectivity index (χ0n) is 8.37. The van der Waals surface area contributed by atoms with E-state index in [4.69, 9.17) is 0 Å². The largest absolute Gasteiger partial charge is 0.275 e. The zero-order valence-corrected chi connectivity index (χ0v) is 10.8. The lowest BCUT2D eigenvalue weighted by molar-refractivity contribution is 0.890. The van der Waals surface area contributed by atoms with Crippen molar-refractivity contribution in [3.8, 4) is 11.3 Å². The number of pyridine rings is 1. The SMILES string of the molecule is O=c1cc(-c2ccncc2)nc2sc(Br)nn12. The molecule has 0 aliphatic carbocycles. The van der Waals surface area contributed by atoms with Gasteiger partial charge in [-0.1, -0.05) is 11.3 Å². The molecule has 84 valence electrons. The minimum Gasteiger partial charge on any atom is -0.267 e. The van der Waals surface area contributed by atoms with E-state index in [1.807, 2.05) is 12.1 Å². The Labute approximate surface area is 108 Å². The number of rotatable bonds is 1. The third kappa shape index (κ3) is 1.87. The normalized spacial score (nSPS) is 10.9. The highest BCUT2D eigenvalue weighted by molar-refractivity contribution is 9.11. The molecule has 17 heavy (non-hydrogen) atoms. The van der Waals surface area contributed by atoms with Gasteiger partial charge in [-0.15, -0.1) is 5.10 Å². The predicted molar refractivity (Wildman–Crippen MR) is 68.1 cm³/mol. The molecule has 0 aromatic carbocycles. The monoisotopic (exact) mass is 308 g/mol. The number of aromatic nitrogens is 4. The second kappa shape index (κ2) is 4.01. The van der Waals surface area contributed by atoms with E-state index >= 15 is 0 Å². The Morgan fingerprint density at radius 1 is 1.29 bits per heavy atom. The van der Waals surface area contributed by atoms with Gasteiger partial charge in [-0.2, -0.15) is 4.52 Å². The maximum atomic E-state index is 11.8. The molecule has 3 aromatic rings. The van der Waals surface area contributed by atoms with Gasteiger partial charge in [-0.3, -0.25) is 9.78 Å². The van der Waals surface area contributed by atoms with Gasteiger partial charge in [0, 0.05) is 24.0 Å². The molecule has 0 unspecified atom stereocenters. The predicted octanol–water partition coefficient (Wildman–Crippen LogP) is 1.98. The van der Waals surface area contributed by atoms with E-state index < -0.39 is 0 Å². The van der Waals surface area contributed by atoms with Crippen LogP contribution in [0, 0.1) is 0 Å². The highest BCUT2D eigenvalue weighted by atomic mass is 79.9. The molecule has 0 aliphatic heterocycles. The lowest BCUT2D eigenvalue weighted by Gasteiger charge is -1.98. The van der Waals surface area contributed by atoms with Crippen molar-refractivity contribution in [1.29, 1.82) is 0 Å². The van der Waals surface area contributed by atoms with E-state index in [0.29, 0.717) is 14.6 Å². The van der Waals surface area contributed by atoms with Crippen LogP contribution in [0.2, 0.25) is 0 Å². The van der Waals surface area contributed by atoms with Gasteiger partial charge >= 0.3 is 0 Å². The fraction of sp³-hybridized carbons (Fsp3) is 0. The van der Waals surface area contributed by atoms with Crippen molar-refractivity contribution < 1.29 is 0 Å². The van der Waals surface area contributed by atoms with Crippen molar-refractivity contribution in [2.24, 2.45) is 0 Å². The molecule has 0 atom stereocenters. The molecular formula is C10H5BrN4OS. The third-order valence-electron chi connectivity index (χ3n) is 2.20. The summed E-state index contributed by atoms with van der Waals surface area (Å²) < 4.78 is 1.91. The van der Waals surface area contributed by atoms with Crippen molar-refractivity contribution in [3.63, 3.8) is 0 Å². The topological polar surface area (TPSA) is 60.2 Å². The van der Waals surface area contributed by atoms with Crippen LogP contribution in [-0.4, -0.2) is 19.6 Å². The molecule has 0 bridgehead atoms. The Bertz CT molecular complexity index is 737. The van der Waals surface area contributed by atoms with Crippen LogP contribution in [0.3, 0.4) is 0 Å². The van der Waals surface area contributed by atoms with Crippen molar-refractivity contribution in [1.82, 2.24) is 19.6 Å². The van der Waals surface area contributed by atoms with Crippen molar-refractivity contribution in [2.45, 2.75) is 0 Å². The van der Waals surface area contributed by atoms with Crippen LogP contribution in [-0.2, 0) is 0 Å². The number of hydrogen-bond acceptors (Lipinski definition) is 5. The number of nitrogens with zero attached hydrogens (tertiary/aromatic N) is 4. The van der Waals surface area contributed by atoms with E-state index in [0.717, 1.165) is 5.56 Å². The summed E-state index contributed by atoms with van der Waals surface area (Å²) in [7, 11) is 0. The maximum Gasteiger partial charge on any atom is 0.275 e. The Balaban J connectivity index is 2.29. The second-order valence-electron chi connectivity index (χ2n) is 3.26. The zero-order chi connectivity index (χ0) is 11.8. The Morgan fingerprint density at radius 2 is 2.06 bits per heavy atom. The van der Waals surface area contributed by atoms with Gasteiger partial charge in [0.05, 0.1) is 5.69 Å². The van der Waals surface area contributed by atoms with Crippen LogP contribution < -0.4 is 5.56 Å². The summed E-state index contributed by atoms with van der Waals surface area (Å²) in [5.74, 6) is 0. The molecule has 7 heteroatoms. The first-order valence-corrected chi connectivity index (χ1v) is 6.32. The molecule has 3 rings (SSSR count). The molecule has 0 N–H and O–H groups in total. The summed E-state index contributed by atoms with van der Waals surface area (Å²) in [6.45, 7) is 0. The second-order valence-corrected chi connectivity index (χ2v) is 5.50. The smallest absolute Gasteiger partial charge is 0.267 e. The van der Waals surface area contributed by atoms with Gasteiger partial charge in [0.2, 0.25) is 4.96 Å². The van der Waals surface area contributed by atoms with Crippen LogP contribution in [0.4, 0.5) is 0 Å². The highest BCUT2D eigenvalue weighted by Gasteiger charge is 2.08. The van der Waals surface area contributed by atoms with Crippen molar-refractivity contribution in [2.75, 3.05) is 0 Å². The molecule has 3 heterocycles. The van der Waals surface area contributed by atoms with Gasteiger partial charge in [0.25, 0.3) is 5.56 Å². The lowest BCUT2D eigenvalue weighted by Crippen LogP contribution is -2.13. The summed E-state index contributed by atoms with van der Waals surface area (Å²) in [4.78, 5) is 20.7. The van der Waals surface area contributed by atoms with Crippen LogP contribution in [0.5, 0.6) is 0 Å². The average molecular weight is 309 g/mol. The molecular weight excluding hydrogens is 304 g/mol. The molecule has 0 amide bonds. The van der Waals surface area contributed by atoms with Crippen LogP contribution in [0.1, 0.15) is 0 Å². The van der Waals surface area contributed by atoms with Crippen LogP contribution in [0.15, 0.2) is 39.3 Å². The summed E-state index contributed by atoms with van der Waals surface area (Å²) in [5.41, 5.74) is 1.31. The number of halogens is 1. The molecule has 0 fully saturated rings. The third-order valence-corrected chi connectivity index (χ3v) is 3.54. The van der Waals surface area contributed by atoms with E-state index in [1.54, 1.807) is 12.4 Å². The molecule has 0 spiro atoms. The van der Waals surface area contributed by atoms with E-state index in [9.17, 15) is 4.79 Å². The first kappa shape index (κ1) is 10.5. The molecule has 3 aromatic heterocycles. The molecule has 5 nitrogen and oxygen atoms in total. The van der Waals surface area contributed by atoms with Crippen molar-refractivity contribution >= 4 is 32.2 Å².